The SMILES string of the molecule is CCC[C@H](NC(=O)[C@@H](N)C[Si](C)(C)C)C(O)c1nc2ccccc2o1. The molecule has 0 aliphatic carbocycles. The quantitative estimate of drug-likeness (QED) is 0.626. The van der Waals surface area contributed by atoms with E-state index in [1.807, 2.05) is 25.1 Å². The number of carbonyl (C=O) groups excluding carboxylic acids is 1. The highest BCUT2D eigenvalue weighted by Crippen LogP contribution is 2.24. The highest BCUT2D eigenvalue weighted by atomic mass is 28.3. The lowest BCUT2D eigenvalue weighted by atomic mass is 10.1. The number of hydrogen-bond donors (Lipinski definition) is 3. The van der Waals surface area contributed by atoms with Crippen molar-refractivity contribution in [3.05, 3.63) is 30.2 Å². The summed E-state index contributed by atoms with van der Waals surface area (Å²) in [6.45, 7) is 8.53. The lowest BCUT2D eigenvalue weighted by Crippen LogP contribution is -2.49. The molecule has 7 heteroatoms. The number of amides is 1. The molecule has 3 atom stereocenters. The van der Waals surface area contributed by atoms with Gasteiger partial charge in [-0.2, -0.15) is 0 Å². The first-order chi connectivity index (χ1) is 11.7. The summed E-state index contributed by atoms with van der Waals surface area (Å²) >= 11 is 0. The number of nitrogens with one attached hydrogen (secondary N) is 1. The van der Waals surface area contributed by atoms with Crippen LogP contribution in [0.1, 0.15) is 31.8 Å². The van der Waals surface area contributed by atoms with Crippen LogP contribution in [0.5, 0.6) is 0 Å². The number of carbonyl (C=O) groups is 1. The van der Waals surface area contributed by atoms with Crippen molar-refractivity contribution in [3.63, 3.8) is 0 Å². The fraction of sp³-hybridized carbons (Fsp3) is 0.556. The Labute approximate surface area is 149 Å². The molecule has 4 N–H and O–H groups in total. The molecule has 138 valence electrons. The molecule has 6 nitrogen and oxygen atoms in total. The molecule has 1 heterocycles. The highest BCUT2D eigenvalue weighted by molar-refractivity contribution is 6.76. The Kier molecular flexibility index (Phi) is 6.37. The van der Waals surface area contributed by atoms with Crippen LogP contribution in [0.25, 0.3) is 11.1 Å². The number of para-hydroxylation sites is 2. The van der Waals surface area contributed by atoms with Gasteiger partial charge in [-0.05, 0) is 24.6 Å². The van der Waals surface area contributed by atoms with E-state index in [1.165, 1.54) is 0 Å². The van der Waals surface area contributed by atoms with Crippen LogP contribution in [-0.4, -0.2) is 36.2 Å². The molecule has 1 unspecified atom stereocenters. The number of fused-ring (bicyclic) bond motifs is 1. The summed E-state index contributed by atoms with van der Waals surface area (Å²) < 4.78 is 5.64. The van der Waals surface area contributed by atoms with Crippen LogP contribution in [0.4, 0.5) is 0 Å². The maximum atomic E-state index is 12.4. The summed E-state index contributed by atoms with van der Waals surface area (Å²) in [5.74, 6) is -0.00486. The Morgan fingerprint density at radius 3 is 2.64 bits per heavy atom. The predicted octanol–water partition coefficient (Wildman–Crippen LogP) is 2.81. The molecule has 0 bridgehead atoms. The van der Waals surface area contributed by atoms with Crippen molar-refractivity contribution in [2.75, 3.05) is 0 Å². The molecule has 2 rings (SSSR count). The molecule has 0 saturated heterocycles. The van der Waals surface area contributed by atoms with Crippen LogP contribution < -0.4 is 11.1 Å². The molecular weight excluding hydrogens is 334 g/mol. The normalized spacial score (nSPS) is 15.8. The highest BCUT2D eigenvalue weighted by Gasteiger charge is 2.29. The van der Waals surface area contributed by atoms with Crippen molar-refractivity contribution in [1.82, 2.24) is 10.3 Å². The monoisotopic (exact) mass is 363 g/mol. The minimum atomic E-state index is -1.45. The van der Waals surface area contributed by atoms with Gasteiger partial charge in [0, 0.05) is 8.07 Å². The molecule has 0 spiro atoms. The molecule has 0 aliphatic heterocycles. The van der Waals surface area contributed by atoms with E-state index >= 15 is 0 Å². The van der Waals surface area contributed by atoms with Gasteiger partial charge in [0.25, 0.3) is 0 Å². The zero-order chi connectivity index (χ0) is 18.6. The third kappa shape index (κ3) is 5.39. The number of rotatable bonds is 8. The second-order valence-corrected chi connectivity index (χ2v) is 13.3. The number of oxazole rings is 1. The Balaban J connectivity index is 2.12. The topological polar surface area (TPSA) is 101 Å². The van der Waals surface area contributed by atoms with Gasteiger partial charge in [0.2, 0.25) is 11.8 Å². The van der Waals surface area contributed by atoms with Gasteiger partial charge in [-0.15, -0.1) is 0 Å². The van der Waals surface area contributed by atoms with Crippen molar-refractivity contribution in [3.8, 4) is 0 Å². The summed E-state index contributed by atoms with van der Waals surface area (Å²) in [6, 6.07) is 7.02. The smallest absolute Gasteiger partial charge is 0.236 e. The number of aliphatic hydroxyl groups excluding tert-OH is 1. The lowest BCUT2D eigenvalue weighted by molar-refractivity contribution is -0.123. The summed E-state index contributed by atoms with van der Waals surface area (Å²) in [6.07, 6.45) is 0.423. The largest absolute Gasteiger partial charge is 0.438 e. The first-order valence-corrected chi connectivity index (χ1v) is 12.5. The number of nitrogens with zero attached hydrogens (tertiary/aromatic N) is 1. The Morgan fingerprint density at radius 1 is 1.36 bits per heavy atom. The molecule has 0 saturated carbocycles. The summed E-state index contributed by atoms with van der Waals surface area (Å²) in [5.41, 5.74) is 7.36. The van der Waals surface area contributed by atoms with E-state index in [0.29, 0.717) is 23.6 Å². The first kappa shape index (κ1) is 19.6. The van der Waals surface area contributed by atoms with Crippen LogP contribution in [0.3, 0.4) is 0 Å². The second-order valence-electron chi connectivity index (χ2n) is 7.74. The molecule has 25 heavy (non-hydrogen) atoms. The maximum Gasteiger partial charge on any atom is 0.236 e. The minimum absolute atomic E-state index is 0.221. The van der Waals surface area contributed by atoms with Gasteiger partial charge in [-0.25, -0.2) is 4.98 Å². The van der Waals surface area contributed by atoms with E-state index < -0.39 is 26.3 Å². The van der Waals surface area contributed by atoms with Gasteiger partial charge in [0.05, 0.1) is 12.1 Å². The third-order valence-corrected chi connectivity index (χ3v) is 5.71. The molecule has 1 amide bonds. The third-order valence-electron chi connectivity index (χ3n) is 4.04. The summed E-state index contributed by atoms with van der Waals surface area (Å²) in [7, 11) is -1.45. The van der Waals surface area contributed by atoms with Crippen molar-refractivity contribution in [2.45, 2.75) is 63.6 Å². The Morgan fingerprint density at radius 2 is 2.04 bits per heavy atom. The van der Waals surface area contributed by atoms with Gasteiger partial charge in [0.1, 0.15) is 5.52 Å². The van der Waals surface area contributed by atoms with E-state index in [2.05, 4.69) is 29.9 Å². The molecule has 0 fully saturated rings. The van der Waals surface area contributed by atoms with E-state index in [9.17, 15) is 9.90 Å². The maximum absolute atomic E-state index is 12.4. The van der Waals surface area contributed by atoms with Crippen LogP contribution in [0.15, 0.2) is 28.7 Å². The van der Waals surface area contributed by atoms with Crippen molar-refractivity contribution in [2.24, 2.45) is 5.73 Å². The Hall–Kier alpha value is -1.70. The number of benzene rings is 1. The fourth-order valence-electron chi connectivity index (χ4n) is 2.85. The van der Waals surface area contributed by atoms with E-state index in [-0.39, 0.29) is 11.8 Å². The minimum Gasteiger partial charge on any atom is -0.438 e. The number of aliphatic hydroxyl groups is 1. The van der Waals surface area contributed by atoms with Gasteiger partial charge in [-0.1, -0.05) is 45.1 Å². The molecule has 1 aromatic carbocycles. The summed E-state index contributed by atoms with van der Waals surface area (Å²) in [4.78, 5) is 16.8. The molecule has 0 radical (unpaired) electrons. The van der Waals surface area contributed by atoms with Crippen molar-refractivity contribution in [1.29, 1.82) is 0 Å². The number of aromatic nitrogens is 1. The second kappa shape index (κ2) is 8.12. The van der Waals surface area contributed by atoms with Crippen LogP contribution in [0.2, 0.25) is 25.7 Å². The lowest BCUT2D eigenvalue weighted by Gasteiger charge is -2.26. The van der Waals surface area contributed by atoms with Crippen LogP contribution in [-0.2, 0) is 4.79 Å². The molecule has 2 aromatic rings. The average Bonchev–Trinajstić information content (AvgIpc) is 2.96. The Bertz CT molecular complexity index is 678. The fourth-order valence-corrected chi connectivity index (χ4v) is 4.36. The van der Waals surface area contributed by atoms with E-state index in [1.54, 1.807) is 6.07 Å². The zero-order valence-electron chi connectivity index (χ0n) is 15.5. The number of hydrogen-bond acceptors (Lipinski definition) is 5. The van der Waals surface area contributed by atoms with E-state index in [4.69, 9.17) is 10.2 Å². The van der Waals surface area contributed by atoms with Crippen molar-refractivity contribution >= 4 is 25.1 Å². The standard InChI is InChI=1S/C18H29N3O3Si/c1-5-8-14(20-17(23)12(19)11-25(2,3)4)16(22)18-21-13-9-6-7-10-15(13)24-18/h6-7,9-10,12,14,16,22H,5,8,11,19H2,1-4H3,(H,20,23)/t12-,14-,16?/m0/s1. The van der Waals surface area contributed by atoms with Crippen LogP contribution >= 0.6 is 0 Å². The van der Waals surface area contributed by atoms with Gasteiger partial charge >= 0.3 is 0 Å². The van der Waals surface area contributed by atoms with E-state index in [0.717, 1.165) is 6.42 Å². The van der Waals surface area contributed by atoms with Crippen LogP contribution in [0, 0.1) is 0 Å². The van der Waals surface area contributed by atoms with Gasteiger partial charge in [0.15, 0.2) is 11.7 Å². The average molecular weight is 364 g/mol. The molecule has 0 aliphatic rings. The summed E-state index contributed by atoms with van der Waals surface area (Å²) in [5, 5.41) is 13.6. The van der Waals surface area contributed by atoms with Gasteiger partial charge in [-0.3, -0.25) is 4.79 Å². The first-order valence-electron chi connectivity index (χ1n) is 8.80. The van der Waals surface area contributed by atoms with Gasteiger partial charge < -0.3 is 20.6 Å². The van der Waals surface area contributed by atoms with Crippen molar-refractivity contribution < 1.29 is 14.3 Å². The predicted molar refractivity (Wildman–Crippen MR) is 102 cm³/mol. The molecule has 1 aromatic heterocycles. The molecular formula is C18H29N3O3Si. The number of nitrogens with two attached hydrogens (primary N) is 1. The zero-order valence-corrected chi connectivity index (χ0v) is 16.5.